The van der Waals surface area contributed by atoms with E-state index in [1.165, 1.54) is 0 Å². The number of carbonyl (C=O) groups excluding carboxylic acids is 1. The lowest BCUT2D eigenvalue weighted by molar-refractivity contribution is -0.138. The number of amides is 1. The van der Waals surface area contributed by atoms with Crippen molar-refractivity contribution in [2.24, 2.45) is 0 Å². The van der Waals surface area contributed by atoms with Crippen LogP contribution in [0.3, 0.4) is 0 Å². The molecule has 1 amide bonds. The van der Waals surface area contributed by atoms with Gasteiger partial charge < -0.3 is 14.7 Å². The molecule has 2 rings (SSSR count). The average Bonchev–Trinajstić information content (AvgIpc) is 2.46. The maximum absolute atomic E-state index is 12.1. The van der Waals surface area contributed by atoms with Crippen LogP contribution < -0.4 is 0 Å². The van der Waals surface area contributed by atoms with Crippen molar-refractivity contribution in [2.45, 2.75) is 45.3 Å². The minimum Gasteiger partial charge on any atom is -0.480 e. The summed E-state index contributed by atoms with van der Waals surface area (Å²) in [6.07, 6.45) is 1.77. The van der Waals surface area contributed by atoms with Gasteiger partial charge in [0.1, 0.15) is 5.60 Å². The normalized spacial score (nSPS) is 22.1. The summed E-state index contributed by atoms with van der Waals surface area (Å²) in [5.74, 6) is -0.755. The van der Waals surface area contributed by atoms with Crippen molar-refractivity contribution in [1.29, 1.82) is 0 Å². The molecule has 132 valence electrons. The third kappa shape index (κ3) is 5.66. The molecule has 0 spiro atoms. The van der Waals surface area contributed by atoms with E-state index < -0.39 is 11.6 Å². The highest BCUT2D eigenvalue weighted by molar-refractivity contribution is 5.69. The van der Waals surface area contributed by atoms with Gasteiger partial charge in [-0.3, -0.25) is 14.6 Å². The first-order chi connectivity index (χ1) is 10.7. The second-order valence-corrected chi connectivity index (χ2v) is 7.40. The van der Waals surface area contributed by atoms with Crippen LogP contribution in [0.2, 0.25) is 0 Å². The lowest BCUT2D eigenvalue weighted by Gasteiger charge is -2.42. The van der Waals surface area contributed by atoms with Crippen LogP contribution in [0, 0.1) is 0 Å². The molecule has 0 saturated carbocycles. The van der Waals surface area contributed by atoms with E-state index in [0.29, 0.717) is 19.1 Å². The van der Waals surface area contributed by atoms with Crippen LogP contribution in [-0.2, 0) is 9.53 Å². The largest absolute Gasteiger partial charge is 0.480 e. The van der Waals surface area contributed by atoms with Gasteiger partial charge in [0, 0.05) is 45.3 Å². The number of piperazine rings is 1. The van der Waals surface area contributed by atoms with Crippen molar-refractivity contribution in [2.75, 3.05) is 45.8 Å². The molecule has 2 fully saturated rings. The predicted molar refractivity (Wildman–Crippen MR) is 86.5 cm³/mol. The van der Waals surface area contributed by atoms with E-state index in [0.717, 1.165) is 39.0 Å². The highest BCUT2D eigenvalue weighted by Crippen LogP contribution is 2.19. The first-order valence-corrected chi connectivity index (χ1v) is 8.41. The maximum atomic E-state index is 12.1. The highest BCUT2D eigenvalue weighted by Gasteiger charge is 2.30. The number of aliphatic carboxylic acids is 1. The van der Waals surface area contributed by atoms with Crippen LogP contribution in [0.5, 0.6) is 0 Å². The van der Waals surface area contributed by atoms with Crippen molar-refractivity contribution >= 4 is 12.1 Å². The second-order valence-electron chi connectivity index (χ2n) is 7.40. The maximum Gasteiger partial charge on any atom is 0.410 e. The Hall–Kier alpha value is -1.34. The summed E-state index contributed by atoms with van der Waals surface area (Å²) in [5, 5.41) is 8.84. The number of piperidine rings is 1. The zero-order chi connectivity index (χ0) is 17.0. The van der Waals surface area contributed by atoms with Crippen LogP contribution in [-0.4, -0.2) is 89.3 Å². The highest BCUT2D eigenvalue weighted by atomic mass is 16.6. The first-order valence-electron chi connectivity index (χ1n) is 8.41. The third-order valence-corrected chi connectivity index (χ3v) is 4.40. The minimum atomic E-state index is -0.755. The monoisotopic (exact) mass is 327 g/mol. The van der Waals surface area contributed by atoms with Gasteiger partial charge in [0.2, 0.25) is 0 Å². The number of nitrogens with zero attached hydrogens (tertiary/aromatic N) is 3. The molecule has 0 aromatic rings. The van der Waals surface area contributed by atoms with Crippen LogP contribution in [0.15, 0.2) is 0 Å². The van der Waals surface area contributed by atoms with Gasteiger partial charge in [-0.2, -0.15) is 0 Å². The van der Waals surface area contributed by atoms with Crippen LogP contribution in [0.25, 0.3) is 0 Å². The summed E-state index contributed by atoms with van der Waals surface area (Å²) in [6.45, 7) is 10.6. The molecule has 0 atom stereocenters. The smallest absolute Gasteiger partial charge is 0.410 e. The van der Waals surface area contributed by atoms with Gasteiger partial charge in [-0.25, -0.2) is 4.79 Å². The van der Waals surface area contributed by atoms with Crippen molar-refractivity contribution in [1.82, 2.24) is 14.7 Å². The summed E-state index contributed by atoms with van der Waals surface area (Å²) in [4.78, 5) is 29.0. The number of carboxylic acid groups (broad SMARTS) is 1. The molecule has 7 nitrogen and oxygen atoms in total. The van der Waals surface area contributed by atoms with Crippen molar-refractivity contribution in [3.63, 3.8) is 0 Å². The molecule has 0 bridgehead atoms. The van der Waals surface area contributed by atoms with E-state index in [1.807, 2.05) is 25.7 Å². The fraction of sp³-hybridized carbons (Fsp3) is 0.875. The van der Waals surface area contributed by atoms with E-state index in [2.05, 4.69) is 4.90 Å². The summed E-state index contributed by atoms with van der Waals surface area (Å²) in [6, 6.07) is 0.501. The Bertz CT molecular complexity index is 420. The number of hydrogen-bond donors (Lipinski definition) is 1. The van der Waals surface area contributed by atoms with Gasteiger partial charge in [-0.05, 0) is 33.6 Å². The average molecular weight is 327 g/mol. The van der Waals surface area contributed by atoms with Crippen LogP contribution >= 0.6 is 0 Å². The van der Waals surface area contributed by atoms with Gasteiger partial charge >= 0.3 is 12.1 Å². The molecule has 0 aromatic heterocycles. The summed E-state index contributed by atoms with van der Waals surface area (Å²) < 4.78 is 5.42. The van der Waals surface area contributed by atoms with Gasteiger partial charge in [-0.15, -0.1) is 0 Å². The predicted octanol–water partition coefficient (Wildman–Crippen LogP) is 1.09. The standard InChI is InChI=1S/C16H29N3O4/c1-16(2,3)23-15(22)19-10-8-18(9-11-19)13-4-6-17(7-5-13)12-14(20)21/h13H,4-12H2,1-3H3,(H,20,21). The molecule has 2 heterocycles. The van der Waals surface area contributed by atoms with Crippen LogP contribution in [0.4, 0.5) is 4.79 Å². The summed E-state index contributed by atoms with van der Waals surface area (Å²) in [5.41, 5.74) is -0.453. The molecule has 1 N–H and O–H groups in total. The summed E-state index contributed by atoms with van der Waals surface area (Å²) >= 11 is 0. The number of rotatable bonds is 3. The molecule has 7 heteroatoms. The fourth-order valence-corrected chi connectivity index (χ4v) is 3.23. The molecule has 0 unspecified atom stereocenters. The van der Waals surface area contributed by atoms with Gasteiger partial charge in [-0.1, -0.05) is 0 Å². The number of hydrogen-bond acceptors (Lipinski definition) is 5. The summed E-state index contributed by atoms with van der Waals surface area (Å²) in [7, 11) is 0. The van der Waals surface area contributed by atoms with Gasteiger partial charge in [0.25, 0.3) is 0 Å². The van der Waals surface area contributed by atoms with E-state index >= 15 is 0 Å². The Morgan fingerprint density at radius 3 is 2.09 bits per heavy atom. The van der Waals surface area contributed by atoms with Crippen molar-refractivity contribution in [3.05, 3.63) is 0 Å². The first kappa shape index (κ1) is 18.0. The van der Waals surface area contributed by atoms with Crippen molar-refractivity contribution in [3.8, 4) is 0 Å². The number of ether oxygens (including phenoxy) is 1. The van der Waals surface area contributed by atoms with Gasteiger partial charge in [0.05, 0.1) is 6.54 Å². The molecule has 2 saturated heterocycles. The Morgan fingerprint density at radius 1 is 1.04 bits per heavy atom. The molecular formula is C16H29N3O4. The Morgan fingerprint density at radius 2 is 1.61 bits per heavy atom. The molecule has 2 aliphatic heterocycles. The molecule has 23 heavy (non-hydrogen) atoms. The Balaban J connectivity index is 1.73. The molecule has 0 aliphatic carbocycles. The third-order valence-electron chi connectivity index (χ3n) is 4.40. The topological polar surface area (TPSA) is 73.3 Å². The SMILES string of the molecule is CC(C)(C)OC(=O)N1CCN(C2CCN(CC(=O)O)CC2)CC1. The zero-order valence-corrected chi connectivity index (χ0v) is 14.5. The van der Waals surface area contributed by atoms with E-state index in [1.54, 1.807) is 4.90 Å². The quantitative estimate of drug-likeness (QED) is 0.836. The second kappa shape index (κ2) is 7.49. The molecule has 2 aliphatic rings. The van der Waals surface area contributed by atoms with Crippen molar-refractivity contribution < 1.29 is 19.4 Å². The minimum absolute atomic E-state index is 0.138. The van der Waals surface area contributed by atoms with E-state index in [4.69, 9.17) is 9.84 Å². The molecule has 0 radical (unpaired) electrons. The molecule has 0 aromatic carbocycles. The lowest BCUT2D eigenvalue weighted by atomic mass is 10.0. The fourth-order valence-electron chi connectivity index (χ4n) is 3.23. The number of carbonyl (C=O) groups is 2. The lowest BCUT2D eigenvalue weighted by Crippen LogP contribution is -2.55. The van der Waals surface area contributed by atoms with Crippen LogP contribution in [0.1, 0.15) is 33.6 Å². The molecular weight excluding hydrogens is 298 g/mol. The van der Waals surface area contributed by atoms with Gasteiger partial charge in [0.15, 0.2) is 0 Å². The number of carboxylic acids is 1. The number of likely N-dealkylation sites (tertiary alicyclic amines) is 1. The zero-order valence-electron chi connectivity index (χ0n) is 14.5. The Labute approximate surface area is 138 Å². The Kier molecular flexibility index (Phi) is 5.86. The van der Waals surface area contributed by atoms with E-state index in [9.17, 15) is 9.59 Å². The van der Waals surface area contributed by atoms with E-state index in [-0.39, 0.29) is 12.6 Å².